The molecule has 0 aromatic heterocycles. The molecular formula is C24H21NO4. The summed E-state index contributed by atoms with van der Waals surface area (Å²) in [6.45, 7) is 0.303. The first-order valence-electron chi connectivity index (χ1n) is 9.46. The van der Waals surface area contributed by atoms with Crippen LogP contribution in [0.3, 0.4) is 0 Å². The van der Waals surface area contributed by atoms with E-state index >= 15 is 0 Å². The first-order chi connectivity index (χ1) is 14.2. The monoisotopic (exact) mass is 387 g/mol. The Morgan fingerprint density at radius 2 is 1.62 bits per heavy atom. The molecule has 1 aliphatic rings. The first kappa shape index (κ1) is 18.7. The molecule has 0 radical (unpaired) electrons. The van der Waals surface area contributed by atoms with Gasteiger partial charge in [0.1, 0.15) is 11.5 Å². The van der Waals surface area contributed by atoms with Gasteiger partial charge in [-0.15, -0.1) is 0 Å². The van der Waals surface area contributed by atoms with Crippen LogP contribution in [-0.4, -0.2) is 25.5 Å². The third-order valence-corrected chi connectivity index (χ3v) is 5.02. The number of nitrogens with zero attached hydrogens (tertiary/aromatic N) is 1. The number of rotatable bonds is 5. The van der Waals surface area contributed by atoms with Gasteiger partial charge in [-0.3, -0.25) is 9.59 Å². The van der Waals surface area contributed by atoms with E-state index in [2.05, 4.69) is 0 Å². The molecular weight excluding hydrogens is 366 g/mol. The number of hydrogen-bond donors (Lipinski definition) is 0. The second-order valence-electron chi connectivity index (χ2n) is 6.89. The smallest absolute Gasteiger partial charge is 0.316 e. The van der Waals surface area contributed by atoms with Crippen LogP contribution in [0, 0.1) is 5.92 Å². The molecule has 5 nitrogen and oxygen atoms in total. The zero-order valence-corrected chi connectivity index (χ0v) is 16.1. The number of benzene rings is 3. The van der Waals surface area contributed by atoms with Crippen LogP contribution >= 0.6 is 0 Å². The summed E-state index contributed by atoms with van der Waals surface area (Å²) in [5.74, 6) is 0.229. The van der Waals surface area contributed by atoms with Crippen LogP contribution in [0.2, 0.25) is 0 Å². The molecule has 3 aromatic rings. The van der Waals surface area contributed by atoms with Crippen molar-refractivity contribution in [3.05, 3.63) is 78.9 Å². The Balaban J connectivity index is 1.49. The Hall–Kier alpha value is -3.60. The summed E-state index contributed by atoms with van der Waals surface area (Å²) in [5, 5.41) is 0. The van der Waals surface area contributed by atoms with Crippen molar-refractivity contribution < 1.29 is 19.1 Å². The number of amides is 1. The van der Waals surface area contributed by atoms with E-state index < -0.39 is 11.9 Å². The summed E-state index contributed by atoms with van der Waals surface area (Å²) in [6, 6.07) is 24.4. The number of ether oxygens (including phenoxy) is 2. The van der Waals surface area contributed by atoms with Gasteiger partial charge in [0, 0.05) is 24.2 Å². The van der Waals surface area contributed by atoms with E-state index in [1.54, 1.807) is 30.2 Å². The molecule has 0 saturated carbocycles. The second kappa shape index (κ2) is 8.19. The highest BCUT2D eigenvalue weighted by Crippen LogP contribution is 2.32. The molecule has 1 heterocycles. The lowest BCUT2D eigenvalue weighted by Gasteiger charge is -2.17. The van der Waals surface area contributed by atoms with Gasteiger partial charge in [0.2, 0.25) is 5.91 Å². The molecule has 4 rings (SSSR count). The first-order valence-corrected chi connectivity index (χ1v) is 9.46. The third-order valence-electron chi connectivity index (χ3n) is 5.02. The standard InChI is InChI=1S/C24H21NO4/c1-28-20-13-11-19(12-14-20)25-16-18(15-23(25)26)24(27)29-22-10-6-5-9-21(22)17-7-3-2-4-8-17/h2-14,18H,15-16H2,1H3/t18-/m1/s1. The predicted molar refractivity (Wildman–Crippen MR) is 111 cm³/mol. The van der Waals surface area contributed by atoms with Crippen molar-refractivity contribution in [2.24, 2.45) is 5.92 Å². The zero-order valence-electron chi connectivity index (χ0n) is 16.1. The third kappa shape index (κ3) is 3.99. The minimum absolute atomic E-state index is 0.0894. The molecule has 0 spiro atoms. The topological polar surface area (TPSA) is 55.8 Å². The minimum Gasteiger partial charge on any atom is -0.497 e. The summed E-state index contributed by atoms with van der Waals surface area (Å²) < 4.78 is 10.9. The van der Waals surface area contributed by atoms with Crippen LogP contribution in [0.1, 0.15) is 6.42 Å². The minimum atomic E-state index is -0.506. The molecule has 1 atom stereocenters. The van der Waals surface area contributed by atoms with Gasteiger partial charge in [0.05, 0.1) is 13.0 Å². The van der Waals surface area contributed by atoms with Gasteiger partial charge in [0.15, 0.2) is 0 Å². The van der Waals surface area contributed by atoms with Gasteiger partial charge in [-0.1, -0.05) is 48.5 Å². The molecule has 1 amide bonds. The summed E-state index contributed by atoms with van der Waals surface area (Å²) in [4.78, 5) is 26.9. The fourth-order valence-corrected chi connectivity index (χ4v) is 3.48. The lowest BCUT2D eigenvalue weighted by molar-refractivity contribution is -0.139. The van der Waals surface area contributed by atoms with Crippen molar-refractivity contribution in [3.8, 4) is 22.6 Å². The number of para-hydroxylation sites is 1. The van der Waals surface area contributed by atoms with Crippen LogP contribution in [0.15, 0.2) is 78.9 Å². The number of methoxy groups -OCH3 is 1. The number of esters is 1. The SMILES string of the molecule is COc1ccc(N2C[C@H](C(=O)Oc3ccccc3-c3ccccc3)CC2=O)cc1. The van der Waals surface area contributed by atoms with E-state index in [4.69, 9.17) is 9.47 Å². The van der Waals surface area contributed by atoms with Gasteiger partial charge in [-0.05, 0) is 35.9 Å². The Kier molecular flexibility index (Phi) is 5.29. The fraction of sp³-hybridized carbons (Fsp3) is 0.167. The van der Waals surface area contributed by atoms with Crippen LogP contribution in [0.4, 0.5) is 5.69 Å². The van der Waals surface area contributed by atoms with Crippen molar-refractivity contribution in [3.63, 3.8) is 0 Å². The Morgan fingerprint density at radius 3 is 2.34 bits per heavy atom. The maximum atomic E-state index is 12.8. The molecule has 1 aliphatic heterocycles. The van der Waals surface area contributed by atoms with E-state index in [-0.39, 0.29) is 12.3 Å². The van der Waals surface area contributed by atoms with Crippen molar-refractivity contribution in [2.45, 2.75) is 6.42 Å². The summed E-state index contributed by atoms with van der Waals surface area (Å²) in [5.41, 5.74) is 2.56. The molecule has 29 heavy (non-hydrogen) atoms. The van der Waals surface area contributed by atoms with Crippen molar-refractivity contribution in [1.29, 1.82) is 0 Å². The van der Waals surface area contributed by atoms with Crippen molar-refractivity contribution in [2.75, 3.05) is 18.6 Å². The summed E-state index contributed by atoms with van der Waals surface area (Å²) >= 11 is 0. The molecule has 1 saturated heterocycles. The highest BCUT2D eigenvalue weighted by Gasteiger charge is 2.36. The highest BCUT2D eigenvalue weighted by molar-refractivity contribution is 5.99. The van der Waals surface area contributed by atoms with E-state index in [1.807, 2.05) is 60.7 Å². The number of carbonyl (C=O) groups excluding carboxylic acids is 2. The molecule has 0 bridgehead atoms. The quantitative estimate of drug-likeness (QED) is 0.483. The Morgan fingerprint density at radius 1 is 0.931 bits per heavy atom. The molecule has 0 N–H and O–H groups in total. The van der Waals surface area contributed by atoms with Crippen LogP contribution in [0.5, 0.6) is 11.5 Å². The number of hydrogen-bond acceptors (Lipinski definition) is 4. The number of anilines is 1. The summed E-state index contributed by atoms with van der Waals surface area (Å²) in [6.07, 6.45) is 0.137. The van der Waals surface area contributed by atoms with Crippen LogP contribution < -0.4 is 14.4 Å². The molecule has 3 aromatic carbocycles. The van der Waals surface area contributed by atoms with Gasteiger partial charge in [-0.2, -0.15) is 0 Å². The predicted octanol–water partition coefficient (Wildman–Crippen LogP) is 4.32. The Bertz CT molecular complexity index is 1010. The molecule has 146 valence electrons. The Labute approximate surface area is 169 Å². The average Bonchev–Trinajstić information content (AvgIpc) is 3.16. The van der Waals surface area contributed by atoms with Crippen molar-refractivity contribution >= 4 is 17.6 Å². The number of carbonyl (C=O) groups is 2. The van der Waals surface area contributed by atoms with E-state index in [1.165, 1.54) is 0 Å². The van der Waals surface area contributed by atoms with Gasteiger partial charge in [-0.25, -0.2) is 0 Å². The fourth-order valence-electron chi connectivity index (χ4n) is 3.48. The summed E-state index contributed by atoms with van der Waals surface area (Å²) in [7, 11) is 1.59. The van der Waals surface area contributed by atoms with Gasteiger partial charge in [0.25, 0.3) is 0 Å². The van der Waals surface area contributed by atoms with Gasteiger partial charge >= 0.3 is 5.97 Å². The van der Waals surface area contributed by atoms with Crippen LogP contribution in [-0.2, 0) is 9.59 Å². The average molecular weight is 387 g/mol. The van der Waals surface area contributed by atoms with E-state index in [0.717, 1.165) is 16.8 Å². The van der Waals surface area contributed by atoms with Crippen molar-refractivity contribution in [1.82, 2.24) is 0 Å². The largest absolute Gasteiger partial charge is 0.497 e. The van der Waals surface area contributed by atoms with E-state index in [0.29, 0.717) is 18.0 Å². The maximum Gasteiger partial charge on any atom is 0.316 e. The lowest BCUT2D eigenvalue weighted by Crippen LogP contribution is -2.27. The molecule has 0 unspecified atom stereocenters. The molecule has 0 aliphatic carbocycles. The maximum absolute atomic E-state index is 12.8. The molecule has 1 fully saturated rings. The highest BCUT2D eigenvalue weighted by atomic mass is 16.5. The lowest BCUT2D eigenvalue weighted by atomic mass is 10.0. The van der Waals surface area contributed by atoms with E-state index in [9.17, 15) is 9.59 Å². The zero-order chi connectivity index (χ0) is 20.2. The van der Waals surface area contributed by atoms with Gasteiger partial charge < -0.3 is 14.4 Å². The normalized spacial score (nSPS) is 16.0. The van der Waals surface area contributed by atoms with Crippen LogP contribution in [0.25, 0.3) is 11.1 Å². The second-order valence-corrected chi connectivity index (χ2v) is 6.89. The molecule has 5 heteroatoms.